The van der Waals surface area contributed by atoms with E-state index in [9.17, 15) is 9.59 Å². The molecule has 126 valence electrons. The molecule has 0 atom stereocenters. The maximum atomic E-state index is 12.4. The Kier molecular flexibility index (Phi) is 3.82. The highest BCUT2D eigenvalue weighted by Gasteiger charge is 2.20. The van der Waals surface area contributed by atoms with E-state index in [1.807, 2.05) is 6.07 Å². The van der Waals surface area contributed by atoms with E-state index in [-0.39, 0.29) is 13.3 Å². The number of Topliss-reactive ketones (excluding diaryl/α,β-unsaturated/α-hetero) is 1. The number of hydrogen-bond donors (Lipinski definition) is 2. The van der Waals surface area contributed by atoms with Crippen molar-refractivity contribution in [2.24, 2.45) is 0 Å². The number of aromatic amines is 1. The highest BCUT2D eigenvalue weighted by atomic mass is 35.5. The van der Waals surface area contributed by atoms with E-state index in [0.29, 0.717) is 33.0 Å². The standard InChI is InChI=1S/C18H13ClN2O4/c19-11-2-3-12-13(8-20-14(12)6-11)17(22)18(23)21-7-10-1-4-15-16(5-10)25-9-24-15/h1-6,8,20H,7,9H2,(H,21,23). The van der Waals surface area contributed by atoms with E-state index < -0.39 is 11.7 Å². The van der Waals surface area contributed by atoms with Crippen molar-refractivity contribution < 1.29 is 19.1 Å². The first-order valence-electron chi connectivity index (χ1n) is 7.59. The maximum Gasteiger partial charge on any atom is 0.292 e. The first kappa shape index (κ1) is 15.5. The second kappa shape index (κ2) is 6.14. The van der Waals surface area contributed by atoms with Crippen LogP contribution < -0.4 is 14.8 Å². The van der Waals surface area contributed by atoms with Gasteiger partial charge in [-0.15, -0.1) is 0 Å². The summed E-state index contributed by atoms with van der Waals surface area (Å²) in [4.78, 5) is 27.6. The van der Waals surface area contributed by atoms with Crippen molar-refractivity contribution in [2.75, 3.05) is 6.79 Å². The summed E-state index contributed by atoms with van der Waals surface area (Å²) in [5, 5.41) is 3.85. The van der Waals surface area contributed by atoms with Crippen LogP contribution in [-0.4, -0.2) is 23.5 Å². The van der Waals surface area contributed by atoms with Crippen LogP contribution in [0.2, 0.25) is 5.02 Å². The summed E-state index contributed by atoms with van der Waals surface area (Å²) in [6.45, 7) is 0.406. The Balaban J connectivity index is 1.47. The summed E-state index contributed by atoms with van der Waals surface area (Å²) in [5.74, 6) is 0.0259. The molecule has 0 unspecified atom stereocenters. The number of amides is 1. The number of fused-ring (bicyclic) bond motifs is 2. The van der Waals surface area contributed by atoms with Crippen LogP contribution in [0.5, 0.6) is 11.5 Å². The van der Waals surface area contributed by atoms with Crippen molar-refractivity contribution in [3.63, 3.8) is 0 Å². The number of aromatic nitrogens is 1. The van der Waals surface area contributed by atoms with Gasteiger partial charge in [0.05, 0.1) is 5.56 Å². The lowest BCUT2D eigenvalue weighted by Gasteiger charge is -2.05. The van der Waals surface area contributed by atoms with Crippen LogP contribution >= 0.6 is 11.6 Å². The van der Waals surface area contributed by atoms with Crippen molar-refractivity contribution in [2.45, 2.75) is 6.54 Å². The fraction of sp³-hybridized carbons (Fsp3) is 0.111. The zero-order valence-electron chi connectivity index (χ0n) is 13.0. The summed E-state index contributed by atoms with van der Waals surface area (Å²) >= 11 is 5.92. The minimum Gasteiger partial charge on any atom is -0.454 e. The van der Waals surface area contributed by atoms with E-state index in [1.165, 1.54) is 6.20 Å². The van der Waals surface area contributed by atoms with E-state index in [1.54, 1.807) is 30.3 Å². The first-order valence-corrected chi connectivity index (χ1v) is 7.97. The van der Waals surface area contributed by atoms with E-state index >= 15 is 0 Å². The number of H-pyrrole nitrogens is 1. The predicted molar refractivity (Wildman–Crippen MR) is 92.1 cm³/mol. The van der Waals surface area contributed by atoms with Crippen LogP contribution in [0.4, 0.5) is 0 Å². The maximum absolute atomic E-state index is 12.4. The molecule has 6 nitrogen and oxygen atoms in total. The fourth-order valence-electron chi connectivity index (χ4n) is 2.72. The Hall–Kier alpha value is -2.99. The van der Waals surface area contributed by atoms with Crippen LogP contribution in [0.15, 0.2) is 42.6 Å². The average molecular weight is 357 g/mol. The summed E-state index contributed by atoms with van der Waals surface area (Å²) in [6.07, 6.45) is 1.52. The van der Waals surface area contributed by atoms with E-state index in [0.717, 1.165) is 5.56 Å². The number of carbonyl (C=O) groups excluding carboxylic acids is 2. The average Bonchev–Trinajstić information content (AvgIpc) is 3.24. The summed E-state index contributed by atoms with van der Waals surface area (Å²) in [5.41, 5.74) is 1.84. The molecule has 25 heavy (non-hydrogen) atoms. The van der Waals surface area contributed by atoms with Crippen LogP contribution in [0, 0.1) is 0 Å². The smallest absolute Gasteiger partial charge is 0.292 e. The van der Waals surface area contributed by atoms with Gasteiger partial charge < -0.3 is 19.8 Å². The third-order valence-electron chi connectivity index (χ3n) is 3.98. The van der Waals surface area contributed by atoms with Gasteiger partial charge in [-0.25, -0.2) is 0 Å². The second-order valence-electron chi connectivity index (χ2n) is 5.59. The van der Waals surface area contributed by atoms with E-state index in [4.69, 9.17) is 21.1 Å². The molecule has 2 heterocycles. The molecule has 1 aliphatic heterocycles. The molecule has 0 fully saturated rings. The van der Waals surface area contributed by atoms with Crippen molar-refractivity contribution in [1.82, 2.24) is 10.3 Å². The van der Waals surface area contributed by atoms with Crippen LogP contribution in [0.25, 0.3) is 10.9 Å². The molecule has 3 aromatic rings. The second-order valence-corrected chi connectivity index (χ2v) is 6.03. The van der Waals surface area contributed by atoms with Gasteiger partial charge >= 0.3 is 0 Å². The molecule has 2 N–H and O–H groups in total. The Bertz CT molecular complexity index is 996. The highest BCUT2D eigenvalue weighted by molar-refractivity contribution is 6.45. The molecular formula is C18H13ClN2O4. The van der Waals surface area contributed by atoms with Gasteiger partial charge in [-0.1, -0.05) is 23.7 Å². The highest BCUT2D eigenvalue weighted by Crippen LogP contribution is 2.32. The van der Waals surface area contributed by atoms with Crippen molar-refractivity contribution >= 4 is 34.2 Å². The summed E-state index contributed by atoms with van der Waals surface area (Å²) in [6, 6.07) is 10.5. The minimum absolute atomic E-state index is 0.189. The molecule has 0 bridgehead atoms. The Morgan fingerprint density at radius 2 is 1.96 bits per heavy atom. The zero-order chi connectivity index (χ0) is 17.4. The molecule has 0 saturated carbocycles. The minimum atomic E-state index is -0.673. The lowest BCUT2D eigenvalue weighted by Crippen LogP contribution is -2.30. The zero-order valence-corrected chi connectivity index (χ0v) is 13.7. The molecule has 2 aromatic carbocycles. The number of ether oxygens (including phenoxy) is 2. The largest absolute Gasteiger partial charge is 0.454 e. The van der Waals surface area contributed by atoms with Gasteiger partial charge in [-0.2, -0.15) is 0 Å². The molecular weight excluding hydrogens is 344 g/mol. The number of carbonyl (C=O) groups is 2. The van der Waals surface area contributed by atoms with Crippen LogP contribution in [-0.2, 0) is 11.3 Å². The SMILES string of the molecule is O=C(NCc1ccc2c(c1)OCO2)C(=O)c1c[nH]c2cc(Cl)ccc12. The number of benzene rings is 2. The third-order valence-corrected chi connectivity index (χ3v) is 4.22. The number of rotatable bonds is 4. The van der Waals surface area contributed by atoms with Crippen LogP contribution in [0.1, 0.15) is 15.9 Å². The Morgan fingerprint density at radius 1 is 1.12 bits per heavy atom. The molecule has 4 rings (SSSR count). The molecule has 1 aliphatic rings. The normalized spacial score (nSPS) is 12.4. The van der Waals surface area contributed by atoms with Gasteiger partial charge in [0.2, 0.25) is 6.79 Å². The number of ketones is 1. The summed E-state index contributed by atoms with van der Waals surface area (Å²) < 4.78 is 10.5. The van der Waals surface area contributed by atoms with Gasteiger partial charge in [0, 0.05) is 28.7 Å². The molecule has 1 amide bonds. The Morgan fingerprint density at radius 3 is 2.84 bits per heavy atom. The van der Waals surface area contributed by atoms with Gasteiger partial charge in [0.25, 0.3) is 11.7 Å². The fourth-order valence-corrected chi connectivity index (χ4v) is 2.89. The topological polar surface area (TPSA) is 80.4 Å². The van der Waals surface area contributed by atoms with Crippen molar-refractivity contribution in [1.29, 1.82) is 0 Å². The Labute approximate surface area is 147 Å². The monoisotopic (exact) mass is 356 g/mol. The van der Waals surface area contributed by atoms with Crippen molar-refractivity contribution in [3.05, 3.63) is 58.7 Å². The molecule has 1 aromatic heterocycles. The number of hydrogen-bond acceptors (Lipinski definition) is 4. The van der Waals surface area contributed by atoms with E-state index in [2.05, 4.69) is 10.3 Å². The molecule has 7 heteroatoms. The van der Waals surface area contributed by atoms with Gasteiger partial charge in [0.15, 0.2) is 11.5 Å². The summed E-state index contributed by atoms with van der Waals surface area (Å²) in [7, 11) is 0. The van der Waals surface area contributed by atoms with Gasteiger partial charge in [-0.05, 0) is 29.8 Å². The van der Waals surface area contributed by atoms with Crippen molar-refractivity contribution in [3.8, 4) is 11.5 Å². The van der Waals surface area contributed by atoms with Gasteiger partial charge in [0.1, 0.15) is 0 Å². The molecule has 0 aliphatic carbocycles. The quantitative estimate of drug-likeness (QED) is 0.556. The predicted octanol–water partition coefficient (Wildman–Crippen LogP) is 3.05. The number of nitrogens with one attached hydrogen (secondary N) is 2. The molecule has 0 spiro atoms. The lowest BCUT2D eigenvalue weighted by atomic mass is 10.1. The number of halogens is 1. The lowest BCUT2D eigenvalue weighted by molar-refractivity contribution is -0.117. The van der Waals surface area contributed by atoms with Gasteiger partial charge in [-0.3, -0.25) is 9.59 Å². The third kappa shape index (κ3) is 2.92. The molecule has 0 saturated heterocycles. The van der Waals surface area contributed by atoms with Crippen LogP contribution in [0.3, 0.4) is 0 Å². The molecule has 0 radical (unpaired) electrons. The first-order chi connectivity index (χ1) is 12.1.